The predicted octanol–water partition coefficient (Wildman–Crippen LogP) is 3.27. The first-order valence-corrected chi connectivity index (χ1v) is 9.78. The maximum absolute atomic E-state index is 13.1. The highest BCUT2D eigenvalue weighted by molar-refractivity contribution is 5.76. The Morgan fingerprint density at radius 2 is 2.14 bits per heavy atom. The summed E-state index contributed by atoms with van der Waals surface area (Å²) >= 11 is 0. The number of nitrogens with zero attached hydrogens (tertiary/aromatic N) is 4. The quantitative estimate of drug-likeness (QED) is 0.627. The summed E-state index contributed by atoms with van der Waals surface area (Å²) in [6.45, 7) is 4.74. The lowest BCUT2D eigenvalue weighted by Gasteiger charge is -2.21. The molecule has 0 saturated heterocycles. The smallest absolute Gasteiger partial charge is 0.223 e. The zero-order valence-corrected chi connectivity index (χ0v) is 16.7. The fourth-order valence-corrected chi connectivity index (χ4v) is 4.08. The third-order valence-electron chi connectivity index (χ3n) is 5.59. The molecule has 4 rings (SSSR count). The Morgan fingerprint density at radius 1 is 1.29 bits per heavy atom. The van der Waals surface area contributed by atoms with Gasteiger partial charge in [-0.2, -0.15) is 5.10 Å². The van der Waals surface area contributed by atoms with Crippen LogP contribution in [0.15, 0.2) is 27.3 Å². The largest absolute Gasteiger partial charge is 0.467 e. The van der Waals surface area contributed by atoms with E-state index in [1.54, 1.807) is 6.26 Å². The van der Waals surface area contributed by atoms with Gasteiger partial charge in [-0.25, -0.2) is 0 Å². The molecule has 0 aromatic carbocycles. The van der Waals surface area contributed by atoms with Gasteiger partial charge in [0.05, 0.1) is 30.7 Å². The summed E-state index contributed by atoms with van der Waals surface area (Å²) < 4.78 is 12.7. The molecule has 0 spiro atoms. The maximum atomic E-state index is 13.1. The van der Waals surface area contributed by atoms with Crippen LogP contribution in [-0.2, 0) is 44.2 Å². The highest BCUT2D eigenvalue weighted by Gasteiger charge is 2.25. The number of hydrogen-bond acceptors (Lipinski definition) is 5. The molecule has 7 heteroatoms. The number of amides is 1. The molecular weight excluding hydrogens is 356 g/mol. The molecule has 3 heterocycles. The number of fused-ring (bicyclic) bond motifs is 1. The molecule has 0 N–H and O–H groups in total. The van der Waals surface area contributed by atoms with Crippen molar-refractivity contribution < 1.29 is 13.7 Å². The Hall–Kier alpha value is -2.83. The Bertz CT molecular complexity index is 949. The van der Waals surface area contributed by atoms with E-state index in [2.05, 4.69) is 10.3 Å². The number of aryl methyl sites for hydroxylation is 3. The molecule has 7 nitrogen and oxygen atoms in total. The van der Waals surface area contributed by atoms with Crippen molar-refractivity contribution in [3.63, 3.8) is 0 Å². The molecule has 0 fully saturated rings. The highest BCUT2D eigenvalue weighted by atomic mass is 16.5. The van der Waals surface area contributed by atoms with Gasteiger partial charge < -0.3 is 13.8 Å². The van der Waals surface area contributed by atoms with Crippen LogP contribution in [0.25, 0.3) is 0 Å². The van der Waals surface area contributed by atoms with Gasteiger partial charge in [-0.1, -0.05) is 5.16 Å². The summed E-state index contributed by atoms with van der Waals surface area (Å²) in [5.41, 5.74) is 5.49. The van der Waals surface area contributed by atoms with E-state index >= 15 is 0 Å². The van der Waals surface area contributed by atoms with E-state index in [1.165, 1.54) is 11.3 Å². The van der Waals surface area contributed by atoms with Gasteiger partial charge in [-0.05, 0) is 57.2 Å². The molecule has 1 aliphatic rings. The SMILES string of the molecule is Cc1noc(C)c1CCC(=O)N(Cc1ccco1)Cc1nn(C)c2c1CCC2. The van der Waals surface area contributed by atoms with Crippen molar-refractivity contribution in [2.75, 3.05) is 0 Å². The minimum Gasteiger partial charge on any atom is -0.467 e. The molecule has 3 aromatic heterocycles. The molecule has 0 atom stereocenters. The standard InChI is InChI=1S/C21H26N4O3/c1-14-17(15(2)28-23-14)9-10-21(26)25(12-16-6-5-11-27-16)13-19-18-7-4-8-20(18)24(3)22-19/h5-6,11H,4,7-10,12-13H2,1-3H3. The van der Waals surface area contributed by atoms with Gasteiger partial charge in [0.15, 0.2) is 0 Å². The van der Waals surface area contributed by atoms with Crippen LogP contribution in [0, 0.1) is 13.8 Å². The summed E-state index contributed by atoms with van der Waals surface area (Å²) in [4.78, 5) is 14.9. The average molecular weight is 382 g/mol. The van der Waals surface area contributed by atoms with Crippen LogP contribution in [0.2, 0.25) is 0 Å². The van der Waals surface area contributed by atoms with Crippen LogP contribution < -0.4 is 0 Å². The van der Waals surface area contributed by atoms with Crippen LogP contribution in [-0.4, -0.2) is 25.7 Å². The van der Waals surface area contributed by atoms with E-state index in [-0.39, 0.29) is 5.91 Å². The van der Waals surface area contributed by atoms with Crippen molar-refractivity contribution in [1.29, 1.82) is 0 Å². The van der Waals surface area contributed by atoms with Crippen LogP contribution in [0.3, 0.4) is 0 Å². The molecule has 148 valence electrons. The monoisotopic (exact) mass is 382 g/mol. The van der Waals surface area contributed by atoms with Crippen LogP contribution in [0.4, 0.5) is 0 Å². The summed E-state index contributed by atoms with van der Waals surface area (Å²) in [6, 6.07) is 3.75. The van der Waals surface area contributed by atoms with Gasteiger partial charge in [0.1, 0.15) is 11.5 Å². The third-order valence-corrected chi connectivity index (χ3v) is 5.59. The minimum absolute atomic E-state index is 0.0776. The molecule has 1 amide bonds. The number of aromatic nitrogens is 3. The van der Waals surface area contributed by atoms with E-state index < -0.39 is 0 Å². The molecular formula is C21H26N4O3. The lowest BCUT2D eigenvalue weighted by atomic mass is 10.1. The fraction of sp³-hybridized carbons (Fsp3) is 0.476. The van der Waals surface area contributed by atoms with Gasteiger partial charge in [0.25, 0.3) is 0 Å². The van der Waals surface area contributed by atoms with Crippen molar-refractivity contribution >= 4 is 5.91 Å². The van der Waals surface area contributed by atoms with Gasteiger partial charge >= 0.3 is 0 Å². The molecule has 0 unspecified atom stereocenters. The Labute approximate surface area is 164 Å². The zero-order chi connectivity index (χ0) is 19.7. The van der Waals surface area contributed by atoms with Gasteiger partial charge in [0, 0.05) is 24.7 Å². The highest BCUT2D eigenvalue weighted by Crippen LogP contribution is 2.26. The average Bonchev–Trinajstić information content (AvgIpc) is 3.43. The summed E-state index contributed by atoms with van der Waals surface area (Å²) in [5, 5.41) is 8.67. The summed E-state index contributed by atoms with van der Waals surface area (Å²) in [7, 11) is 1.99. The lowest BCUT2D eigenvalue weighted by molar-refractivity contribution is -0.132. The third kappa shape index (κ3) is 3.61. The van der Waals surface area contributed by atoms with E-state index in [4.69, 9.17) is 8.94 Å². The van der Waals surface area contributed by atoms with Crippen molar-refractivity contribution in [2.45, 2.75) is 59.0 Å². The predicted molar refractivity (Wildman–Crippen MR) is 102 cm³/mol. The van der Waals surface area contributed by atoms with Crippen molar-refractivity contribution in [2.24, 2.45) is 7.05 Å². The Balaban J connectivity index is 1.51. The zero-order valence-electron chi connectivity index (χ0n) is 16.7. The van der Waals surface area contributed by atoms with Gasteiger partial charge in [-0.15, -0.1) is 0 Å². The second-order valence-electron chi connectivity index (χ2n) is 7.48. The number of carbonyl (C=O) groups excluding carboxylic acids is 1. The Kier molecular flexibility index (Phi) is 5.07. The number of carbonyl (C=O) groups is 1. The number of hydrogen-bond donors (Lipinski definition) is 0. The van der Waals surface area contributed by atoms with Crippen molar-refractivity contribution in [3.05, 3.63) is 58.1 Å². The molecule has 0 bridgehead atoms. The molecule has 0 saturated carbocycles. The summed E-state index contributed by atoms with van der Waals surface area (Å²) in [5.74, 6) is 1.64. The normalized spacial score (nSPS) is 13.1. The first kappa shape index (κ1) is 18.5. The number of furan rings is 1. The first-order valence-electron chi connectivity index (χ1n) is 9.78. The summed E-state index contributed by atoms with van der Waals surface area (Å²) in [6.07, 6.45) is 5.93. The van der Waals surface area contributed by atoms with Crippen molar-refractivity contribution in [3.8, 4) is 0 Å². The van der Waals surface area contributed by atoms with E-state index in [0.29, 0.717) is 25.9 Å². The molecule has 3 aromatic rings. The molecule has 1 aliphatic carbocycles. The van der Waals surface area contributed by atoms with Crippen molar-refractivity contribution in [1.82, 2.24) is 19.8 Å². The van der Waals surface area contributed by atoms with E-state index in [9.17, 15) is 4.79 Å². The first-order chi connectivity index (χ1) is 13.5. The van der Waals surface area contributed by atoms with Gasteiger partial charge in [-0.3, -0.25) is 9.48 Å². The lowest BCUT2D eigenvalue weighted by Crippen LogP contribution is -2.30. The van der Waals surface area contributed by atoms with E-state index in [1.807, 2.05) is 42.6 Å². The topological polar surface area (TPSA) is 77.3 Å². The fourth-order valence-electron chi connectivity index (χ4n) is 4.08. The van der Waals surface area contributed by atoms with Crippen LogP contribution in [0.5, 0.6) is 0 Å². The van der Waals surface area contributed by atoms with Gasteiger partial charge in [0.2, 0.25) is 5.91 Å². The second-order valence-corrected chi connectivity index (χ2v) is 7.48. The van der Waals surface area contributed by atoms with E-state index in [0.717, 1.165) is 47.7 Å². The second kappa shape index (κ2) is 7.66. The Morgan fingerprint density at radius 3 is 2.86 bits per heavy atom. The number of rotatable bonds is 7. The van der Waals surface area contributed by atoms with Crippen LogP contribution in [0.1, 0.15) is 52.6 Å². The molecule has 0 aliphatic heterocycles. The molecule has 0 radical (unpaired) electrons. The molecule has 28 heavy (non-hydrogen) atoms. The minimum atomic E-state index is 0.0776. The maximum Gasteiger partial charge on any atom is 0.223 e. The van der Waals surface area contributed by atoms with Crippen LogP contribution >= 0.6 is 0 Å².